The minimum Gasteiger partial charge on any atom is -0.493 e. The van der Waals surface area contributed by atoms with Gasteiger partial charge >= 0.3 is 0 Å². The molecule has 2 amide bonds. The molecule has 3 rings (SSSR count). The van der Waals surface area contributed by atoms with Crippen molar-refractivity contribution >= 4 is 11.8 Å². The van der Waals surface area contributed by atoms with E-state index < -0.39 is 0 Å². The van der Waals surface area contributed by atoms with E-state index in [9.17, 15) is 9.59 Å². The second-order valence-corrected chi connectivity index (χ2v) is 9.82. The van der Waals surface area contributed by atoms with Crippen molar-refractivity contribution in [2.75, 3.05) is 32.8 Å². The number of nitrogens with zero attached hydrogens (tertiary/aromatic N) is 2. The first-order chi connectivity index (χ1) is 13.7. The van der Waals surface area contributed by atoms with Gasteiger partial charge in [0.1, 0.15) is 5.75 Å². The molecule has 0 unspecified atom stereocenters. The largest absolute Gasteiger partial charge is 0.493 e. The van der Waals surface area contributed by atoms with E-state index >= 15 is 0 Å². The van der Waals surface area contributed by atoms with Gasteiger partial charge in [0.25, 0.3) is 5.91 Å². The van der Waals surface area contributed by atoms with Crippen molar-refractivity contribution in [2.24, 2.45) is 17.3 Å². The van der Waals surface area contributed by atoms with Crippen LogP contribution in [0.2, 0.25) is 0 Å². The first-order valence-corrected chi connectivity index (χ1v) is 11.1. The zero-order chi connectivity index (χ0) is 21.0. The summed E-state index contributed by atoms with van der Waals surface area (Å²) in [7, 11) is 0. The molecular weight excluding hydrogens is 364 g/mol. The van der Waals surface area contributed by atoms with Gasteiger partial charge in [-0.05, 0) is 55.9 Å². The Balaban J connectivity index is 1.50. The lowest BCUT2D eigenvalue weighted by atomic mass is 9.91. The van der Waals surface area contributed by atoms with Crippen molar-refractivity contribution in [3.63, 3.8) is 0 Å². The van der Waals surface area contributed by atoms with Gasteiger partial charge in [0, 0.05) is 43.1 Å². The molecular formula is C24H36N2O3. The zero-order valence-electron chi connectivity index (χ0n) is 18.4. The molecule has 2 aliphatic heterocycles. The van der Waals surface area contributed by atoms with Crippen LogP contribution in [-0.4, -0.2) is 54.4 Å². The maximum absolute atomic E-state index is 12.7. The quantitative estimate of drug-likeness (QED) is 0.760. The van der Waals surface area contributed by atoms with Crippen molar-refractivity contribution < 1.29 is 14.3 Å². The summed E-state index contributed by atoms with van der Waals surface area (Å²) in [6, 6.07) is 7.51. The summed E-state index contributed by atoms with van der Waals surface area (Å²) in [4.78, 5) is 29.1. The summed E-state index contributed by atoms with van der Waals surface area (Å²) < 4.78 is 5.99. The Kier molecular flexibility index (Phi) is 6.86. The van der Waals surface area contributed by atoms with Gasteiger partial charge in [-0.3, -0.25) is 9.59 Å². The maximum atomic E-state index is 12.7. The van der Waals surface area contributed by atoms with E-state index in [1.54, 1.807) is 0 Å². The van der Waals surface area contributed by atoms with Gasteiger partial charge < -0.3 is 14.5 Å². The van der Waals surface area contributed by atoms with Crippen LogP contribution < -0.4 is 4.74 Å². The molecule has 5 heteroatoms. The minimum absolute atomic E-state index is 0.118. The summed E-state index contributed by atoms with van der Waals surface area (Å²) in [5.41, 5.74) is 0.392. The van der Waals surface area contributed by atoms with Crippen LogP contribution in [0.5, 0.6) is 5.75 Å². The van der Waals surface area contributed by atoms with Crippen molar-refractivity contribution in [2.45, 2.75) is 53.4 Å². The Bertz CT molecular complexity index is 700. The van der Waals surface area contributed by atoms with Gasteiger partial charge in [-0.1, -0.05) is 27.7 Å². The summed E-state index contributed by atoms with van der Waals surface area (Å²) in [6.07, 6.45) is 4.28. The van der Waals surface area contributed by atoms with E-state index in [0.717, 1.165) is 63.2 Å². The number of hydrogen-bond donors (Lipinski definition) is 0. The highest BCUT2D eigenvalue weighted by molar-refractivity contribution is 5.94. The third-order valence-electron chi connectivity index (χ3n) is 6.11. The van der Waals surface area contributed by atoms with Gasteiger partial charge in [0.2, 0.25) is 5.91 Å². The molecule has 0 spiro atoms. The van der Waals surface area contributed by atoms with Crippen molar-refractivity contribution in [1.82, 2.24) is 9.80 Å². The topological polar surface area (TPSA) is 49.9 Å². The summed E-state index contributed by atoms with van der Waals surface area (Å²) in [5.74, 6) is 2.19. The number of benzene rings is 1. The number of hydrogen-bond acceptors (Lipinski definition) is 3. The normalized spacial score (nSPS) is 21.2. The molecule has 2 fully saturated rings. The SMILES string of the molecule is CC1CCN(C(=O)c2ccc(OC[C@@H]3CCCN(C(=O)C(C)(C)C)C3)cc2)CC1. The zero-order valence-corrected chi connectivity index (χ0v) is 18.4. The fraction of sp³-hybridized carbons (Fsp3) is 0.667. The first-order valence-electron chi connectivity index (χ1n) is 11.1. The Hall–Kier alpha value is -2.04. The summed E-state index contributed by atoms with van der Waals surface area (Å²) >= 11 is 0. The Morgan fingerprint density at radius 3 is 2.28 bits per heavy atom. The van der Waals surface area contributed by atoms with Gasteiger partial charge in [-0.15, -0.1) is 0 Å². The highest BCUT2D eigenvalue weighted by Gasteiger charge is 2.31. The molecule has 160 valence electrons. The maximum Gasteiger partial charge on any atom is 0.253 e. The molecule has 0 saturated carbocycles. The molecule has 1 atom stereocenters. The van der Waals surface area contributed by atoms with Crippen LogP contribution in [0.25, 0.3) is 0 Å². The number of carbonyl (C=O) groups excluding carboxylic acids is 2. The third-order valence-corrected chi connectivity index (χ3v) is 6.11. The number of rotatable bonds is 4. The number of amides is 2. The molecule has 1 aromatic rings. The Labute approximate surface area is 175 Å². The van der Waals surface area contributed by atoms with E-state index in [1.807, 2.05) is 54.8 Å². The molecule has 0 N–H and O–H groups in total. The van der Waals surface area contributed by atoms with Crippen molar-refractivity contribution in [3.8, 4) is 5.75 Å². The van der Waals surface area contributed by atoms with Gasteiger partial charge in [0.05, 0.1) is 6.61 Å². The second kappa shape index (κ2) is 9.19. The standard InChI is InChI=1S/C24H36N2O3/c1-18-11-14-25(15-12-18)22(27)20-7-9-21(10-8-20)29-17-19-6-5-13-26(16-19)23(28)24(2,3)4/h7-10,18-19H,5-6,11-17H2,1-4H3/t19-/m1/s1. The van der Waals surface area contributed by atoms with E-state index in [0.29, 0.717) is 18.4 Å². The van der Waals surface area contributed by atoms with E-state index in [2.05, 4.69) is 6.92 Å². The van der Waals surface area contributed by atoms with E-state index in [4.69, 9.17) is 4.74 Å². The molecule has 1 aromatic carbocycles. The lowest BCUT2D eigenvalue weighted by Crippen LogP contribution is -2.46. The van der Waals surface area contributed by atoms with Crippen LogP contribution in [0.3, 0.4) is 0 Å². The average molecular weight is 401 g/mol. The minimum atomic E-state index is -0.336. The van der Waals surface area contributed by atoms with Crippen LogP contribution in [0.1, 0.15) is 63.7 Å². The molecule has 0 aromatic heterocycles. The fourth-order valence-corrected chi connectivity index (χ4v) is 4.16. The smallest absolute Gasteiger partial charge is 0.253 e. The van der Waals surface area contributed by atoms with E-state index in [-0.39, 0.29) is 17.2 Å². The van der Waals surface area contributed by atoms with Gasteiger partial charge in [0.15, 0.2) is 0 Å². The monoisotopic (exact) mass is 400 g/mol. The number of piperidine rings is 2. The van der Waals surface area contributed by atoms with Gasteiger partial charge in [-0.25, -0.2) is 0 Å². The molecule has 2 heterocycles. The second-order valence-electron chi connectivity index (χ2n) is 9.82. The fourth-order valence-electron chi connectivity index (χ4n) is 4.16. The van der Waals surface area contributed by atoms with Crippen LogP contribution in [0.15, 0.2) is 24.3 Å². The molecule has 5 nitrogen and oxygen atoms in total. The van der Waals surface area contributed by atoms with E-state index in [1.165, 1.54) is 0 Å². The molecule has 2 saturated heterocycles. The predicted molar refractivity (Wildman–Crippen MR) is 115 cm³/mol. The predicted octanol–water partition coefficient (Wildman–Crippen LogP) is 4.22. The molecule has 0 aliphatic carbocycles. The van der Waals surface area contributed by atoms with Crippen LogP contribution in [-0.2, 0) is 4.79 Å². The Morgan fingerprint density at radius 1 is 1.00 bits per heavy atom. The number of carbonyl (C=O) groups is 2. The lowest BCUT2D eigenvalue weighted by molar-refractivity contribution is -0.141. The highest BCUT2D eigenvalue weighted by Crippen LogP contribution is 2.25. The van der Waals surface area contributed by atoms with Crippen molar-refractivity contribution in [3.05, 3.63) is 29.8 Å². The molecule has 2 aliphatic rings. The first kappa shape index (κ1) is 21.7. The van der Waals surface area contributed by atoms with Crippen LogP contribution in [0, 0.1) is 17.3 Å². The Morgan fingerprint density at radius 2 is 1.66 bits per heavy atom. The lowest BCUT2D eigenvalue weighted by Gasteiger charge is -2.36. The molecule has 0 bridgehead atoms. The van der Waals surface area contributed by atoms with Crippen molar-refractivity contribution in [1.29, 1.82) is 0 Å². The van der Waals surface area contributed by atoms with Crippen LogP contribution in [0.4, 0.5) is 0 Å². The number of likely N-dealkylation sites (tertiary alicyclic amines) is 2. The summed E-state index contributed by atoms with van der Waals surface area (Å²) in [5, 5.41) is 0. The summed E-state index contributed by atoms with van der Waals surface area (Å²) in [6.45, 7) is 12.1. The molecule has 0 radical (unpaired) electrons. The average Bonchev–Trinajstić information content (AvgIpc) is 2.71. The highest BCUT2D eigenvalue weighted by atomic mass is 16.5. The van der Waals surface area contributed by atoms with Gasteiger partial charge in [-0.2, -0.15) is 0 Å². The third kappa shape index (κ3) is 5.74. The molecule has 29 heavy (non-hydrogen) atoms. The van der Waals surface area contributed by atoms with Crippen LogP contribution >= 0.6 is 0 Å². The number of ether oxygens (including phenoxy) is 1.